The number of piperazine rings is 2. The van der Waals surface area contributed by atoms with E-state index >= 15 is 0 Å². The minimum atomic E-state index is -3.83. The zero-order chi connectivity index (χ0) is 28.3. The van der Waals surface area contributed by atoms with Gasteiger partial charge in [0.2, 0.25) is 10.0 Å². The SMILES string of the molecule is CN(C)S(=O)(=O)c1ccc(NC(=O)N2CCN(C(=O)OC(C)(C)C)CC2)c(C(=O)NC2CNC(Cl)CN2)c1. The number of rotatable bonds is 5. The Hall–Kier alpha value is -2.65. The van der Waals surface area contributed by atoms with Gasteiger partial charge in [-0.25, -0.2) is 22.3 Å². The summed E-state index contributed by atoms with van der Waals surface area (Å²) in [4.78, 5) is 41.5. The first-order valence-electron chi connectivity index (χ1n) is 12.2. The minimum Gasteiger partial charge on any atom is -0.444 e. The number of nitrogens with zero attached hydrogens (tertiary/aromatic N) is 3. The molecule has 2 unspecified atom stereocenters. The lowest BCUT2D eigenvalue weighted by Crippen LogP contribution is -2.59. The lowest BCUT2D eigenvalue weighted by atomic mass is 10.1. The molecular weight excluding hydrogens is 538 g/mol. The standard InChI is InChI=1S/C23H36ClN7O6S/c1-23(2,3)37-22(34)31-10-8-30(9-11-31)21(33)27-17-7-6-15(38(35,36)29(4)5)12-16(17)20(32)28-19-14-25-18(24)13-26-19/h6-7,12,18-19,25-26H,8-11,13-14H2,1-5H3,(H,27,33)(H,28,32). The fourth-order valence-corrected chi connectivity index (χ4v) is 4.88. The van der Waals surface area contributed by atoms with Crippen molar-refractivity contribution in [2.75, 3.05) is 58.7 Å². The quantitative estimate of drug-likeness (QED) is 0.299. The Balaban J connectivity index is 1.75. The van der Waals surface area contributed by atoms with Crippen molar-refractivity contribution in [2.24, 2.45) is 0 Å². The van der Waals surface area contributed by atoms with Crippen LogP contribution in [0, 0.1) is 0 Å². The van der Waals surface area contributed by atoms with Gasteiger partial charge in [-0.2, -0.15) is 0 Å². The lowest BCUT2D eigenvalue weighted by molar-refractivity contribution is 0.0174. The molecule has 2 heterocycles. The Labute approximate surface area is 228 Å². The third-order valence-corrected chi connectivity index (χ3v) is 7.99. The normalized spacial score (nSPS) is 20.7. The van der Waals surface area contributed by atoms with Crippen LogP contribution in [0.5, 0.6) is 0 Å². The first-order chi connectivity index (χ1) is 17.7. The van der Waals surface area contributed by atoms with Crippen molar-refractivity contribution in [2.45, 2.75) is 42.9 Å². The molecule has 15 heteroatoms. The van der Waals surface area contributed by atoms with Crippen molar-refractivity contribution < 1.29 is 27.5 Å². The van der Waals surface area contributed by atoms with E-state index in [1.807, 2.05) is 0 Å². The van der Waals surface area contributed by atoms with Crippen LogP contribution in [0.3, 0.4) is 0 Å². The van der Waals surface area contributed by atoms with Crippen LogP contribution in [-0.2, 0) is 14.8 Å². The molecule has 2 aliphatic rings. The van der Waals surface area contributed by atoms with E-state index in [1.165, 1.54) is 42.1 Å². The molecule has 2 atom stereocenters. The molecule has 4 amide bonds. The van der Waals surface area contributed by atoms with Gasteiger partial charge in [-0.05, 0) is 39.0 Å². The van der Waals surface area contributed by atoms with Gasteiger partial charge in [0, 0.05) is 53.4 Å². The summed E-state index contributed by atoms with van der Waals surface area (Å²) in [6.45, 7) is 7.23. The lowest BCUT2D eigenvalue weighted by Gasteiger charge is -2.35. The number of ether oxygens (including phenoxy) is 1. The highest BCUT2D eigenvalue weighted by atomic mass is 35.5. The van der Waals surface area contributed by atoms with Gasteiger partial charge in [0.25, 0.3) is 5.91 Å². The van der Waals surface area contributed by atoms with E-state index in [4.69, 9.17) is 16.3 Å². The molecule has 2 fully saturated rings. The van der Waals surface area contributed by atoms with E-state index < -0.39 is 39.8 Å². The fourth-order valence-electron chi connectivity index (χ4n) is 3.78. The summed E-state index contributed by atoms with van der Waals surface area (Å²) in [5.41, 5.74) is -0.756. The Morgan fingerprint density at radius 2 is 1.68 bits per heavy atom. The van der Waals surface area contributed by atoms with Gasteiger partial charge in [-0.3, -0.25) is 15.4 Å². The monoisotopic (exact) mass is 573 g/mol. The van der Waals surface area contributed by atoms with Crippen molar-refractivity contribution in [3.05, 3.63) is 23.8 Å². The van der Waals surface area contributed by atoms with Crippen molar-refractivity contribution in [1.29, 1.82) is 0 Å². The van der Waals surface area contributed by atoms with Gasteiger partial charge in [0.05, 0.1) is 27.8 Å². The molecule has 2 aliphatic heterocycles. The molecule has 1 aromatic rings. The van der Waals surface area contributed by atoms with Crippen LogP contribution in [0.15, 0.2) is 23.1 Å². The first-order valence-corrected chi connectivity index (χ1v) is 14.1. The maximum atomic E-state index is 13.2. The third-order valence-electron chi connectivity index (χ3n) is 5.87. The number of anilines is 1. The number of amides is 4. The van der Waals surface area contributed by atoms with E-state index in [0.717, 1.165) is 4.31 Å². The summed E-state index contributed by atoms with van der Waals surface area (Å²) in [5.74, 6) is -0.571. The molecular formula is C23H36ClN7O6S. The number of sulfonamides is 1. The summed E-state index contributed by atoms with van der Waals surface area (Å²) in [5, 5.41) is 11.6. The first kappa shape index (κ1) is 29.9. The largest absolute Gasteiger partial charge is 0.444 e. The van der Waals surface area contributed by atoms with Crippen LogP contribution in [0.1, 0.15) is 31.1 Å². The van der Waals surface area contributed by atoms with Gasteiger partial charge >= 0.3 is 12.1 Å². The number of carbonyl (C=O) groups excluding carboxylic acids is 3. The highest BCUT2D eigenvalue weighted by Crippen LogP contribution is 2.23. The number of nitrogens with one attached hydrogen (secondary N) is 4. The Bertz CT molecular complexity index is 1140. The summed E-state index contributed by atoms with van der Waals surface area (Å²) < 4.78 is 31.8. The number of urea groups is 1. The maximum Gasteiger partial charge on any atom is 0.410 e. The second-order valence-electron chi connectivity index (χ2n) is 10.2. The molecule has 3 rings (SSSR count). The van der Waals surface area contributed by atoms with Crippen LogP contribution in [0.2, 0.25) is 0 Å². The second kappa shape index (κ2) is 12.0. The van der Waals surface area contributed by atoms with E-state index in [0.29, 0.717) is 13.1 Å². The Kier molecular flexibility index (Phi) is 9.47. The van der Waals surface area contributed by atoms with Crippen LogP contribution in [0.25, 0.3) is 0 Å². The van der Waals surface area contributed by atoms with E-state index in [1.54, 1.807) is 20.8 Å². The molecule has 0 saturated carbocycles. The second-order valence-corrected chi connectivity index (χ2v) is 12.9. The van der Waals surface area contributed by atoms with Crippen molar-refractivity contribution in [1.82, 2.24) is 30.1 Å². The average molecular weight is 574 g/mol. The number of hydrogen-bond acceptors (Lipinski definition) is 8. The molecule has 1 aromatic carbocycles. The zero-order valence-corrected chi connectivity index (χ0v) is 23.8. The number of halogens is 1. The summed E-state index contributed by atoms with van der Waals surface area (Å²) >= 11 is 6.01. The molecule has 0 aliphatic carbocycles. The van der Waals surface area contributed by atoms with E-state index in [-0.39, 0.29) is 47.8 Å². The van der Waals surface area contributed by atoms with E-state index in [9.17, 15) is 22.8 Å². The smallest absolute Gasteiger partial charge is 0.410 e. The molecule has 4 N–H and O–H groups in total. The number of alkyl halides is 1. The highest BCUT2D eigenvalue weighted by Gasteiger charge is 2.29. The molecule has 38 heavy (non-hydrogen) atoms. The van der Waals surface area contributed by atoms with E-state index in [2.05, 4.69) is 21.3 Å². The highest BCUT2D eigenvalue weighted by molar-refractivity contribution is 7.89. The van der Waals surface area contributed by atoms with Gasteiger partial charge in [-0.15, -0.1) is 11.6 Å². The number of hydrogen-bond donors (Lipinski definition) is 4. The van der Waals surface area contributed by atoms with Crippen LogP contribution in [0.4, 0.5) is 15.3 Å². The number of carbonyl (C=O) groups is 3. The predicted molar refractivity (Wildman–Crippen MR) is 143 cm³/mol. The Morgan fingerprint density at radius 1 is 1.05 bits per heavy atom. The summed E-state index contributed by atoms with van der Waals surface area (Å²) in [6, 6.07) is 3.48. The van der Waals surface area contributed by atoms with Crippen LogP contribution < -0.4 is 21.3 Å². The van der Waals surface area contributed by atoms with Gasteiger partial charge < -0.3 is 25.2 Å². The van der Waals surface area contributed by atoms with Gasteiger partial charge in [0.1, 0.15) is 5.60 Å². The third kappa shape index (κ3) is 7.69. The van der Waals surface area contributed by atoms with Gasteiger partial charge in [0.15, 0.2) is 0 Å². The maximum absolute atomic E-state index is 13.2. The Morgan fingerprint density at radius 3 is 2.24 bits per heavy atom. The zero-order valence-electron chi connectivity index (χ0n) is 22.2. The van der Waals surface area contributed by atoms with Crippen LogP contribution in [-0.4, -0.2) is 111 Å². The molecule has 13 nitrogen and oxygen atoms in total. The average Bonchev–Trinajstić information content (AvgIpc) is 2.84. The molecule has 212 valence electrons. The van der Waals surface area contributed by atoms with Crippen molar-refractivity contribution in [3.63, 3.8) is 0 Å². The van der Waals surface area contributed by atoms with Crippen LogP contribution >= 0.6 is 11.6 Å². The molecule has 0 radical (unpaired) electrons. The molecule has 2 saturated heterocycles. The minimum absolute atomic E-state index is 0.0107. The number of benzene rings is 1. The topological polar surface area (TPSA) is 152 Å². The summed E-state index contributed by atoms with van der Waals surface area (Å²) in [6.07, 6.45) is -0.892. The fraction of sp³-hybridized carbons (Fsp3) is 0.609. The summed E-state index contributed by atoms with van der Waals surface area (Å²) in [7, 11) is -1.05. The van der Waals surface area contributed by atoms with Gasteiger partial charge in [-0.1, -0.05) is 0 Å². The molecule has 0 bridgehead atoms. The predicted octanol–water partition coefficient (Wildman–Crippen LogP) is 0.835. The molecule has 0 spiro atoms. The van der Waals surface area contributed by atoms with Crippen molar-refractivity contribution >= 4 is 45.3 Å². The molecule has 0 aromatic heterocycles. The van der Waals surface area contributed by atoms with Crippen molar-refractivity contribution in [3.8, 4) is 0 Å².